The van der Waals surface area contributed by atoms with Crippen LogP contribution in [0.15, 0.2) is 16.7 Å². The van der Waals surface area contributed by atoms with Gasteiger partial charge in [0.15, 0.2) is 0 Å². The summed E-state index contributed by atoms with van der Waals surface area (Å²) in [4.78, 5) is 6.79. The van der Waals surface area contributed by atoms with Crippen molar-refractivity contribution in [3.63, 3.8) is 0 Å². The monoisotopic (exact) mass is 283 g/mol. The van der Waals surface area contributed by atoms with Crippen LogP contribution in [-0.4, -0.2) is 18.1 Å². The number of aromatic nitrogens is 1. The van der Waals surface area contributed by atoms with Gasteiger partial charge in [0.2, 0.25) is 0 Å². The number of rotatable bonds is 5. The quantitative estimate of drug-likeness (QED) is 0.903. The SMILES string of the molecule is CCCN(CC1CC1)c1ncc(N)cc1Br. The van der Waals surface area contributed by atoms with E-state index in [1.165, 1.54) is 12.8 Å². The summed E-state index contributed by atoms with van der Waals surface area (Å²) in [6.07, 6.45) is 5.61. The maximum absolute atomic E-state index is 5.70. The molecule has 0 spiro atoms. The van der Waals surface area contributed by atoms with Gasteiger partial charge < -0.3 is 10.6 Å². The Balaban J connectivity index is 2.15. The minimum Gasteiger partial charge on any atom is -0.397 e. The van der Waals surface area contributed by atoms with Gasteiger partial charge in [-0.3, -0.25) is 0 Å². The van der Waals surface area contributed by atoms with Crippen LogP contribution in [0.25, 0.3) is 0 Å². The Morgan fingerprint density at radius 2 is 2.31 bits per heavy atom. The summed E-state index contributed by atoms with van der Waals surface area (Å²) in [6.45, 7) is 4.39. The molecule has 16 heavy (non-hydrogen) atoms. The minimum absolute atomic E-state index is 0.707. The van der Waals surface area contributed by atoms with Crippen LogP contribution < -0.4 is 10.6 Å². The molecule has 1 aromatic rings. The molecule has 0 unspecified atom stereocenters. The molecule has 0 atom stereocenters. The number of nitrogen functional groups attached to an aromatic ring is 1. The lowest BCUT2D eigenvalue weighted by atomic mass is 10.3. The van der Waals surface area contributed by atoms with E-state index in [0.717, 1.165) is 35.7 Å². The smallest absolute Gasteiger partial charge is 0.143 e. The highest BCUT2D eigenvalue weighted by Gasteiger charge is 2.25. The highest BCUT2D eigenvalue weighted by Crippen LogP contribution is 2.33. The van der Waals surface area contributed by atoms with Gasteiger partial charge >= 0.3 is 0 Å². The van der Waals surface area contributed by atoms with Crippen LogP contribution >= 0.6 is 15.9 Å². The molecule has 2 N–H and O–H groups in total. The first kappa shape index (κ1) is 11.7. The predicted octanol–water partition coefficient (Wildman–Crippen LogP) is 3.05. The number of nitrogens with two attached hydrogens (primary N) is 1. The van der Waals surface area contributed by atoms with Gasteiger partial charge in [0.1, 0.15) is 5.82 Å². The zero-order valence-electron chi connectivity index (χ0n) is 9.62. The highest BCUT2D eigenvalue weighted by atomic mass is 79.9. The summed E-state index contributed by atoms with van der Waals surface area (Å²) in [6, 6.07) is 1.93. The summed E-state index contributed by atoms with van der Waals surface area (Å²) < 4.78 is 1.00. The number of nitrogens with zero attached hydrogens (tertiary/aromatic N) is 2. The van der Waals surface area contributed by atoms with Gasteiger partial charge in [-0.25, -0.2) is 4.98 Å². The van der Waals surface area contributed by atoms with E-state index in [4.69, 9.17) is 5.73 Å². The molecule has 0 aliphatic heterocycles. The largest absolute Gasteiger partial charge is 0.397 e. The number of hydrogen-bond acceptors (Lipinski definition) is 3. The standard InChI is InChI=1S/C12H18BrN3/c1-2-5-16(8-9-3-4-9)12-11(13)6-10(14)7-15-12/h6-7,9H,2-5,8,14H2,1H3. The number of hydrogen-bond donors (Lipinski definition) is 1. The third-order valence-electron chi connectivity index (χ3n) is 2.81. The second kappa shape index (κ2) is 5.04. The van der Waals surface area contributed by atoms with E-state index in [-0.39, 0.29) is 0 Å². The first-order valence-corrected chi connectivity index (χ1v) is 6.66. The Kier molecular flexibility index (Phi) is 3.69. The lowest BCUT2D eigenvalue weighted by Gasteiger charge is -2.24. The van der Waals surface area contributed by atoms with Gasteiger partial charge in [0.25, 0.3) is 0 Å². The molecule has 1 aromatic heterocycles. The van der Waals surface area contributed by atoms with Crippen molar-refractivity contribution in [3.05, 3.63) is 16.7 Å². The summed E-state index contributed by atoms with van der Waals surface area (Å²) in [7, 11) is 0. The van der Waals surface area contributed by atoms with Crippen LogP contribution in [0.5, 0.6) is 0 Å². The molecule has 3 nitrogen and oxygen atoms in total. The predicted molar refractivity (Wildman–Crippen MR) is 71.6 cm³/mol. The minimum atomic E-state index is 0.707. The zero-order chi connectivity index (χ0) is 11.5. The van der Waals surface area contributed by atoms with Crippen LogP contribution in [0.3, 0.4) is 0 Å². The third kappa shape index (κ3) is 2.88. The molecule has 2 rings (SSSR count). The summed E-state index contributed by atoms with van der Waals surface area (Å²) in [5, 5.41) is 0. The van der Waals surface area contributed by atoms with Crippen molar-refractivity contribution in [1.82, 2.24) is 4.98 Å². The Bertz CT molecular complexity index is 363. The maximum Gasteiger partial charge on any atom is 0.143 e. The van der Waals surface area contributed by atoms with Crippen LogP contribution in [-0.2, 0) is 0 Å². The Morgan fingerprint density at radius 1 is 1.56 bits per heavy atom. The third-order valence-corrected chi connectivity index (χ3v) is 3.40. The topological polar surface area (TPSA) is 42.2 Å². The van der Waals surface area contributed by atoms with Crippen molar-refractivity contribution in [2.75, 3.05) is 23.7 Å². The fourth-order valence-electron chi connectivity index (χ4n) is 1.84. The van der Waals surface area contributed by atoms with Crippen molar-refractivity contribution in [2.45, 2.75) is 26.2 Å². The van der Waals surface area contributed by atoms with Crippen molar-refractivity contribution < 1.29 is 0 Å². The van der Waals surface area contributed by atoms with E-state index >= 15 is 0 Å². The second-order valence-corrected chi connectivity index (χ2v) is 5.32. The first-order valence-electron chi connectivity index (χ1n) is 5.86. The second-order valence-electron chi connectivity index (χ2n) is 4.46. The van der Waals surface area contributed by atoms with E-state index < -0.39 is 0 Å². The van der Waals surface area contributed by atoms with Crippen LogP contribution in [0.2, 0.25) is 0 Å². The first-order chi connectivity index (χ1) is 7.70. The van der Waals surface area contributed by atoms with Gasteiger partial charge in [-0.1, -0.05) is 6.92 Å². The molecule has 0 amide bonds. The molecule has 88 valence electrons. The highest BCUT2D eigenvalue weighted by molar-refractivity contribution is 9.10. The lowest BCUT2D eigenvalue weighted by molar-refractivity contribution is 0.698. The number of pyridine rings is 1. The van der Waals surface area contributed by atoms with Gasteiger partial charge in [-0.2, -0.15) is 0 Å². The zero-order valence-corrected chi connectivity index (χ0v) is 11.2. The van der Waals surface area contributed by atoms with Crippen LogP contribution in [0.1, 0.15) is 26.2 Å². The molecule has 0 radical (unpaired) electrons. The molecular weight excluding hydrogens is 266 g/mol. The van der Waals surface area contributed by atoms with Crippen LogP contribution in [0.4, 0.5) is 11.5 Å². The number of anilines is 2. The fraction of sp³-hybridized carbons (Fsp3) is 0.583. The van der Waals surface area contributed by atoms with Crippen LogP contribution in [0, 0.1) is 5.92 Å². The maximum atomic E-state index is 5.70. The van der Waals surface area contributed by atoms with Crippen molar-refractivity contribution >= 4 is 27.4 Å². The average Bonchev–Trinajstić information content (AvgIpc) is 3.01. The van der Waals surface area contributed by atoms with E-state index in [1.807, 2.05) is 6.07 Å². The lowest BCUT2D eigenvalue weighted by Crippen LogP contribution is -2.27. The Hall–Kier alpha value is -0.770. The van der Waals surface area contributed by atoms with Gasteiger partial charge in [0.05, 0.1) is 16.4 Å². The normalized spacial score (nSPS) is 15.1. The van der Waals surface area contributed by atoms with Gasteiger partial charge in [0, 0.05) is 13.1 Å². The Morgan fingerprint density at radius 3 is 2.88 bits per heavy atom. The Labute approximate surface area is 105 Å². The van der Waals surface area contributed by atoms with Crippen molar-refractivity contribution in [1.29, 1.82) is 0 Å². The molecule has 0 saturated heterocycles. The van der Waals surface area contributed by atoms with E-state index in [0.29, 0.717) is 5.69 Å². The molecule has 0 bridgehead atoms. The molecule has 1 heterocycles. The number of halogens is 1. The average molecular weight is 284 g/mol. The molecular formula is C12H18BrN3. The molecule has 1 saturated carbocycles. The molecule has 4 heteroatoms. The fourth-order valence-corrected chi connectivity index (χ4v) is 2.46. The molecule has 1 aliphatic rings. The van der Waals surface area contributed by atoms with Gasteiger partial charge in [-0.15, -0.1) is 0 Å². The summed E-state index contributed by atoms with van der Waals surface area (Å²) >= 11 is 3.54. The molecule has 0 aromatic carbocycles. The molecule has 1 fully saturated rings. The summed E-state index contributed by atoms with van der Waals surface area (Å²) in [5.74, 6) is 1.90. The van der Waals surface area contributed by atoms with E-state index in [1.54, 1.807) is 6.20 Å². The van der Waals surface area contributed by atoms with Crippen molar-refractivity contribution in [3.8, 4) is 0 Å². The summed E-state index contributed by atoms with van der Waals surface area (Å²) in [5.41, 5.74) is 6.41. The van der Waals surface area contributed by atoms with Crippen molar-refractivity contribution in [2.24, 2.45) is 5.92 Å². The van der Waals surface area contributed by atoms with E-state index in [2.05, 4.69) is 32.7 Å². The van der Waals surface area contributed by atoms with Gasteiger partial charge in [-0.05, 0) is 47.2 Å². The van der Waals surface area contributed by atoms with E-state index in [9.17, 15) is 0 Å². The molecule has 1 aliphatic carbocycles.